The van der Waals surface area contributed by atoms with Crippen molar-refractivity contribution in [2.45, 2.75) is 18.5 Å². The van der Waals surface area contributed by atoms with Gasteiger partial charge in [-0.2, -0.15) is 0 Å². The molecule has 0 amide bonds. The van der Waals surface area contributed by atoms with Crippen LogP contribution in [0.15, 0.2) is 18.2 Å². The lowest BCUT2D eigenvalue weighted by Crippen LogP contribution is -2.36. The fraction of sp³-hybridized carbons (Fsp3) is 0.538. The van der Waals surface area contributed by atoms with E-state index in [9.17, 15) is 13.5 Å². The number of rotatable bonds is 2. The van der Waals surface area contributed by atoms with Gasteiger partial charge in [-0.3, -0.25) is 4.90 Å². The van der Waals surface area contributed by atoms with Crippen LogP contribution in [0.3, 0.4) is 0 Å². The van der Waals surface area contributed by atoms with E-state index in [1.165, 1.54) is 0 Å². The van der Waals surface area contributed by atoms with Crippen LogP contribution in [0.2, 0.25) is 0 Å². The number of nitrogens with zero attached hydrogens (tertiary/aromatic N) is 1. The van der Waals surface area contributed by atoms with Crippen molar-refractivity contribution in [2.75, 3.05) is 25.2 Å². The lowest BCUT2D eigenvalue weighted by atomic mass is 10.1. The molecule has 1 N–H and O–H groups in total. The fourth-order valence-electron chi connectivity index (χ4n) is 2.87. The van der Waals surface area contributed by atoms with Gasteiger partial charge in [0.25, 0.3) is 0 Å². The van der Waals surface area contributed by atoms with Crippen molar-refractivity contribution in [3.8, 4) is 11.5 Å². The van der Waals surface area contributed by atoms with Crippen molar-refractivity contribution in [1.29, 1.82) is 0 Å². The van der Waals surface area contributed by atoms with Gasteiger partial charge in [-0.25, -0.2) is 8.42 Å². The summed E-state index contributed by atoms with van der Waals surface area (Å²) in [6, 6.07) is 5.21. The largest absolute Gasteiger partial charge is 0.508 e. The number of aromatic hydroxyl groups is 1. The number of benzene rings is 1. The number of fused-ring (bicyclic) bond motifs is 1. The smallest absolute Gasteiger partial charge is 0.151 e. The second-order valence-electron chi connectivity index (χ2n) is 5.27. The minimum Gasteiger partial charge on any atom is -0.508 e. The summed E-state index contributed by atoms with van der Waals surface area (Å²) in [6.07, 6.45) is 0.683. The Kier molecular flexibility index (Phi) is 2.94. The van der Waals surface area contributed by atoms with E-state index >= 15 is 0 Å². The Hall–Kier alpha value is -1.27. The molecular weight excluding hydrogens is 266 g/mol. The second-order valence-corrected chi connectivity index (χ2v) is 7.50. The minimum absolute atomic E-state index is 0.0540. The zero-order valence-corrected chi connectivity index (χ0v) is 11.6. The van der Waals surface area contributed by atoms with Crippen LogP contribution in [0.5, 0.6) is 11.5 Å². The van der Waals surface area contributed by atoms with Crippen LogP contribution < -0.4 is 4.74 Å². The Labute approximate surface area is 112 Å². The monoisotopic (exact) mass is 283 g/mol. The van der Waals surface area contributed by atoms with Crippen molar-refractivity contribution < 1.29 is 18.3 Å². The van der Waals surface area contributed by atoms with Gasteiger partial charge in [0.2, 0.25) is 0 Å². The van der Waals surface area contributed by atoms with Gasteiger partial charge < -0.3 is 9.84 Å². The molecule has 2 aliphatic heterocycles. The van der Waals surface area contributed by atoms with Gasteiger partial charge in [-0.05, 0) is 25.6 Å². The number of hydrogen-bond donors (Lipinski definition) is 1. The van der Waals surface area contributed by atoms with Gasteiger partial charge in [0, 0.05) is 17.7 Å². The predicted octanol–water partition coefficient (Wildman–Crippen LogP) is 0.945. The van der Waals surface area contributed by atoms with Crippen molar-refractivity contribution in [2.24, 2.45) is 0 Å². The molecule has 1 aromatic carbocycles. The highest BCUT2D eigenvalue weighted by Crippen LogP contribution is 2.39. The Morgan fingerprint density at radius 1 is 1.42 bits per heavy atom. The summed E-state index contributed by atoms with van der Waals surface area (Å²) in [6.45, 7) is 0.506. The first kappa shape index (κ1) is 12.7. The summed E-state index contributed by atoms with van der Waals surface area (Å²) < 4.78 is 28.7. The molecule has 0 saturated carbocycles. The average Bonchev–Trinajstić information content (AvgIpc) is 2.91. The minimum atomic E-state index is -2.88. The summed E-state index contributed by atoms with van der Waals surface area (Å²) in [5.74, 6) is 1.38. The first-order chi connectivity index (χ1) is 8.96. The van der Waals surface area contributed by atoms with Crippen molar-refractivity contribution in [3.63, 3.8) is 0 Å². The second kappa shape index (κ2) is 4.38. The molecule has 104 valence electrons. The van der Waals surface area contributed by atoms with E-state index < -0.39 is 9.84 Å². The van der Waals surface area contributed by atoms with Crippen LogP contribution >= 0.6 is 0 Å². The maximum absolute atomic E-state index is 11.6. The van der Waals surface area contributed by atoms with Crippen LogP contribution in [0.1, 0.15) is 18.0 Å². The SMILES string of the molecule is CN(C1CCS(=O)(=O)C1)C1COc2cc(O)ccc21. The molecule has 1 fully saturated rings. The van der Waals surface area contributed by atoms with Gasteiger partial charge >= 0.3 is 0 Å². The molecule has 0 radical (unpaired) electrons. The fourth-order valence-corrected chi connectivity index (χ4v) is 4.66. The zero-order chi connectivity index (χ0) is 13.6. The molecule has 0 aliphatic carbocycles. The number of hydrogen-bond acceptors (Lipinski definition) is 5. The van der Waals surface area contributed by atoms with Crippen LogP contribution in [0.25, 0.3) is 0 Å². The molecule has 0 spiro atoms. The number of sulfone groups is 1. The first-order valence-electron chi connectivity index (χ1n) is 6.34. The molecule has 6 heteroatoms. The van der Waals surface area contributed by atoms with E-state index in [0.29, 0.717) is 18.8 Å². The molecular formula is C13H17NO4S. The molecule has 3 rings (SSSR count). The highest BCUT2D eigenvalue weighted by molar-refractivity contribution is 7.91. The molecule has 2 aliphatic rings. The third-order valence-electron chi connectivity index (χ3n) is 4.03. The average molecular weight is 283 g/mol. The summed E-state index contributed by atoms with van der Waals surface area (Å²) >= 11 is 0. The Morgan fingerprint density at radius 2 is 2.21 bits per heavy atom. The van der Waals surface area contributed by atoms with E-state index in [0.717, 1.165) is 5.56 Å². The summed E-state index contributed by atoms with van der Waals surface area (Å²) in [7, 11) is -0.931. The molecule has 1 saturated heterocycles. The number of phenolic OH excluding ortho intramolecular Hbond substituents is 1. The maximum Gasteiger partial charge on any atom is 0.151 e. The lowest BCUT2D eigenvalue weighted by Gasteiger charge is -2.28. The molecule has 0 bridgehead atoms. The standard InChI is InChI=1S/C13H17NO4S/c1-14(9-4-5-19(16,17)8-9)12-7-18-13-6-10(15)2-3-11(12)13/h2-3,6,9,12,15H,4-5,7-8H2,1H3. The number of ether oxygens (including phenoxy) is 1. The topological polar surface area (TPSA) is 66.8 Å². The van der Waals surface area contributed by atoms with Gasteiger partial charge in [-0.15, -0.1) is 0 Å². The van der Waals surface area contributed by atoms with Gasteiger partial charge in [0.1, 0.15) is 18.1 Å². The maximum atomic E-state index is 11.6. The third kappa shape index (κ3) is 2.30. The van der Waals surface area contributed by atoms with Crippen LogP contribution in [0, 0.1) is 0 Å². The predicted molar refractivity (Wildman–Crippen MR) is 71.2 cm³/mol. The molecule has 1 aromatic rings. The van der Waals surface area contributed by atoms with Gasteiger partial charge in [0.15, 0.2) is 9.84 Å². The highest BCUT2D eigenvalue weighted by atomic mass is 32.2. The van der Waals surface area contributed by atoms with Gasteiger partial charge in [-0.1, -0.05) is 0 Å². The summed E-state index contributed by atoms with van der Waals surface area (Å²) in [4.78, 5) is 2.09. The molecule has 0 aromatic heterocycles. The molecule has 2 heterocycles. The van der Waals surface area contributed by atoms with E-state index in [-0.39, 0.29) is 29.3 Å². The van der Waals surface area contributed by atoms with E-state index in [1.54, 1.807) is 12.1 Å². The molecule has 5 nitrogen and oxygen atoms in total. The quantitative estimate of drug-likeness (QED) is 0.875. The Morgan fingerprint density at radius 3 is 2.89 bits per heavy atom. The first-order valence-corrected chi connectivity index (χ1v) is 8.16. The molecule has 2 atom stereocenters. The Bertz CT molecular complexity index is 599. The molecule has 2 unspecified atom stereocenters. The number of phenols is 1. The van der Waals surface area contributed by atoms with Crippen LogP contribution in [-0.4, -0.2) is 49.6 Å². The van der Waals surface area contributed by atoms with E-state index in [1.807, 2.05) is 13.1 Å². The molecule has 19 heavy (non-hydrogen) atoms. The van der Waals surface area contributed by atoms with Crippen molar-refractivity contribution in [1.82, 2.24) is 4.90 Å². The van der Waals surface area contributed by atoms with Crippen molar-refractivity contribution >= 4 is 9.84 Å². The van der Waals surface area contributed by atoms with Gasteiger partial charge in [0.05, 0.1) is 17.5 Å². The van der Waals surface area contributed by atoms with E-state index in [4.69, 9.17) is 4.74 Å². The van der Waals surface area contributed by atoms with Crippen LogP contribution in [0.4, 0.5) is 0 Å². The highest BCUT2D eigenvalue weighted by Gasteiger charge is 2.37. The van der Waals surface area contributed by atoms with E-state index in [2.05, 4.69) is 4.90 Å². The summed E-state index contributed by atoms with van der Waals surface area (Å²) in [5.41, 5.74) is 1.02. The van der Waals surface area contributed by atoms with Crippen molar-refractivity contribution in [3.05, 3.63) is 23.8 Å². The summed E-state index contributed by atoms with van der Waals surface area (Å²) in [5, 5.41) is 9.43. The normalized spacial score (nSPS) is 28.3. The lowest BCUT2D eigenvalue weighted by molar-refractivity contribution is 0.156. The third-order valence-corrected chi connectivity index (χ3v) is 5.78. The Balaban J connectivity index is 1.82. The number of likely N-dealkylation sites (N-methyl/N-ethyl adjacent to an activating group) is 1. The van der Waals surface area contributed by atoms with Crippen LogP contribution in [-0.2, 0) is 9.84 Å². The zero-order valence-electron chi connectivity index (χ0n) is 10.7.